The number of rotatable bonds is 4. The molecular formula is C25H18NO4+. The summed E-state index contributed by atoms with van der Waals surface area (Å²) in [6, 6.07) is 22.4. The molecule has 0 spiro atoms. The third-order valence-corrected chi connectivity index (χ3v) is 5.01. The number of fused-ring (bicyclic) bond motifs is 2. The van der Waals surface area contributed by atoms with Crippen LogP contribution in [0.4, 0.5) is 0 Å². The third-order valence-electron chi connectivity index (χ3n) is 5.01. The van der Waals surface area contributed by atoms with Gasteiger partial charge in [-0.25, -0.2) is 0 Å². The fourth-order valence-electron chi connectivity index (χ4n) is 3.51. The average molecular weight is 396 g/mol. The molecular weight excluding hydrogens is 378 g/mol. The maximum atomic E-state index is 12.8. The molecule has 0 aliphatic rings. The largest absolute Gasteiger partial charge is 0.508 e. The van der Waals surface area contributed by atoms with Crippen LogP contribution in [0.1, 0.15) is 17.0 Å². The molecule has 0 saturated carbocycles. The Morgan fingerprint density at radius 1 is 0.900 bits per heavy atom. The first kappa shape index (κ1) is 17.9. The van der Waals surface area contributed by atoms with Gasteiger partial charge in [0.05, 0.1) is 17.0 Å². The number of aromatic nitrogens is 1. The van der Waals surface area contributed by atoms with Gasteiger partial charge in [0, 0.05) is 17.7 Å². The maximum absolute atomic E-state index is 12.8. The lowest BCUT2D eigenvalue weighted by Crippen LogP contribution is -2.35. The van der Waals surface area contributed by atoms with Crippen molar-refractivity contribution in [1.29, 1.82) is 0 Å². The first-order valence-electron chi connectivity index (χ1n) is 9.57. The minimum atomic E-state index is -0.168. The van der Waals surface area contributed by atoms with Crippen molar-refractivity contribution in [2.75, 3.05) is 0 Å². The van der Waals surface area contributed by atoms with Crippen LogP contribution in [-0.4, -0.2) is 5.11 Å². The van der Waals surface area contributed by atoms with Crippen LogP contribution < -0.4 is 10.00 Å². The quantitative estimate of drug-likeness (QED) is 0.445. The second kappa shape index (κ2) is 7.37. The van der Waals surface area contributed by atoms with E-state index in [1.165, 1.54) is 18.4 Å². The fourth-order valence-corrected chi connectivity index (χ4v) is 3.51. The van der Waals surface area contributed by atoms with E-state index in [1.54, 1.807) is 18.2 Å². The molecule has 146 valence electrons. The molecule has 0 fully saturated rings. The molecule has 2 aromatic heterocycles. The average Bonchev–Trinajstić information content (AvgIpc) is 3.11. The first-order valence-corrected chi connectivity index (χ1v) is 9.57. The van der Waals surface area contributed by atoms with E-state index in [0.29, 0.717) is 29.0 Å². The van der Waals surface area contributed by atoms with E-state index in [0.717, 1.165) is 16.7 Å². The van der Waals surface area contributed by atoms with Crippen LogP contribution in [0.15, 0.2) is 92.7 Å². The lowest BCUT2D eigenvalue weighted by molar-refractivity contribution is -0.669. The van der Waals surface area contributed by atoms with Crippen molar-refractivity contribution in [3.8, 4) is 5.75 Å². The molecule has 0 atom stereocenters. The zero-order chi connectivity index (χ0) is 20.5. The van der Waals surface area contributed by atoms with Crippen molar-refractivity contribution in [1.82, 2.24) is 0 Å². The van der Waals surface area contributed by atoms with E-state index < -0.39 is 0 Å². The van der Waals surface area contributed by atoms with Gasteiger partial charge in [-0.1, -0.05) is 42.5 Å². The van der Waals surface area contributed by atoms with Gasteiger partial charge in [0.2, 0.25) is 5.58 Å². The summed E-state index contributed by atoms with van der Waals surface area (Å²) in [5.74, 6) is 0.684. The van der Waals surface area contributed by atoms with Crippen molar-refractivity contribution in [3.63, 3.8) is 0 Å². The van der Waals surface area contributed by atoms with Crippen LogP contribution in [-0.2, 0) is 6.54 Å². The van der Waals surface area contributed by atoms with Gasteiger partial charge in [-0.05, 0) is 24.3 Å². The number of para-hydroxylation sites is 2. The number of phenols is 1. The van der Waals surface area contributed by atoms with Crippen molar-refractivity contribution in [2.24, 2.45) is 0 Å². The van der Waals surface area contributed by atoms with Crippen LogP contribution >= 0.6 is 0 Å². The Kier molecular flexibility index (Phi) is 4.41. The molecule has 0 amide bonds. The third kappa shape index (κ3) is 3.26. The van der Waals surface area contributed by atoms with Crippen LogP contribution in [0.2, 0.25) is 0 Å². The number of hydrogen-bond acceptors (Lipinski definition) is 4. The summed E-state index contributed by atoms with van der Waals surface area (Å²) in [5, 5.41) is 9.99. The predicted octanol–water partition coefficient (Wildman–Crippen LogP) is 4.75. The highest BCUT2D eigenvalue weighted by Gasteiger charge is 2.20. The van der Waals surface area contributed by atoms with Gasteiger partial charge in [0.25, 0.3) is 5.52 Å². The molecule has 5 heteroatoms. The number of hydrogen-bond donors (Lipinski definition) is 1. The van der Waals surface area contributed by atoms with Gasteiger partial charge in [-0.2, -0.15) is 4.57 Å². The van der Waals surface area contributed by atoms with Crippen LogP contribution in [0, 0.1) is 0 Å². The summed E-state index contributed by atoms with van der Waals surface area (Å²) in [6.45, 7) is 0.642. The monoisotopic (exact) mass is 396 g/mol. The van der Waals surface area contributed by atoms with Crippen LogP contribution in [0.3, 0.4) is 0 Å². The second-order valence-electron chi connectivity index (χ2n) is 7.01. The maximum Gasteiger partial charge on any atom is 0.374 e. The van der Waals surface area contributed by atoms with E-state index in [2.05, 4.69) is 16.7 Å². The smallest absolute Gasteiger partial charge is 0.374 e. The van der Waals surface area contributed by atoms with E-state index in [-0.39, 0.29) is 11.2 Å². The van der Waals surface area contributed by atoms with Gasteiger partial charge in [0.1, 0.15) is 17.6 Å². The molecule has 0 aliphatic heterocycles. The molecule has 0 unspecified atom stereocenters. The summed E-state index contributed by atoms with van der Waals surface area (Å²) in [5.41, 5.74) is 3.48. The van der Waals surface area contributed by atoms with E-state index in [9.17, 15) is 9.90 Å². The first-order chi connectivity index (χ1) is 14.7. The van der Waals surface area contributed by atoms with Crippen molar-refractivity contribution < 1.29 is 18.5 Å². The zero-order valence-electron chi connectivity index (χ0n) is 16.0. The molecule has 30 heavy (non-hydrogen) atoms. The summed E-state index contributed by atoms with van der Waals surface area (Å²) in [7, 11) is 0. The number of nitrogens with zero attached hydrogens (tertiary/aromatic N) is 1. The lowest BCUT2D eigenvalue weighted by Gasteiger charge is -1.99. The standard InChI is InChI=1S/C25H17NO4/c27-19-11-12-20-23(14-19)29-16-18(25(20)28)10-13-24-26(15-17-6-2-1-3-7-17)21-8-4-5-9-22(21)30-24/h1-14,16H,15H2/p+1/b13-10+. The summed E-state index contributed by atoms with van der Waals surface area (Å²) < 4.78 is 13.6. The molecule has 3 aromatic carbocycles. The Hall–Kier alpha value is -4.12. The van der Waals surface area contributed by atoms with Gasteiger partial charge in [-0.3, -0.25) is 4.79 Å². The van der Waals surface area contributed by atoms with Crippen molar-refractivity contribution in [3.05, 3.63) is 106 Å². The Morgan fingerprint density at radius 3 is 2.57 bits per heavy atom. The highest BCUT2D eigenvalue weighted by atomic mass is 16.4. The Bertz CT molecular complexity index is 1450. The zero-order valence-corrected chi connectivity index (χ0v) is 16.0. The molecule has 0 bridgehead atoms. The molecule has 0 aliphatic carbocycles. The Morgan fingerprint density at radius 2 is 1.70 bits per heavy atom. The minimum Gasteiger partial charge on any atom is -0.508 e. The molecule has 5 rings (SSSR count). The van der Waals surface area contributed by atoms with Gasteiger partial charge < -0.3 is 13.9 Å². The predicted molar refractivity (Wildman–Crippen MR) is 115 cm³/mol. The number of benzene rings is 3. The summed E-state index contributed by atoms with van der Waals surface area (Å²) >= 11 is 0. The fraction of sp³-hybridized carbons (Fsp3) is 0.0400. The van der Waals surface area contributed by atoms with Gasteiger partial charge in [-0.15, -0.1) is 0 Å². The highest BCUT2D eigenvalue weighted by molar-refractivity contribution is 5.81. The SMILES string of the molecule is O=c1c(/C=C/c2oc3ccccc3[n+]2Cc2ccccc2)coc2cc(O)ccc12. The second-order valence-corrected chi connectivity index (χ2v) is 7.01. The van der Waals surface area contributed by atoms with Crippen molar-refractivity contribution in [2.45, 2.75) is 6.54 Å². The van der Waals surface area contributed by atoms with Gasteiger partial charge in [0.15, 0.2) is 12.0 Å². The molecule has 5 nitrogen and oxygen atoms in total. The minimum absolute atomic E-state index is 0.0539. The molecule has 1 N–H and O–H groups in total. The number of phenolic OH excluding ortho intramolecular Hbond substituents is 1. The topological polar surface area (TPSA) is 67.5 Å². The Labute approximate surface area is 171 Å². The molecule has 5 aromatic rings. The summed E-state index contributed by atoms with van der Waals surface area (Å²) in [4.78, 5) is 12.8. The Balaban J connectivity index is 1.58. The summed E-state index contributed by atoms with van der Waals surface area (Å²) in [6.07, 6.45) is 4.86. The van der Waals surface area contributed by atoms with Crippen molar-refractivity contribution >= 4 is 34.2 Å². The van der Waals surface area contributed by atoms with E-state index in [4.69, 9.17) is 8.83 Å². The normalized spacial score (nSPS) is 11.6. The van der Waals surface area contributed by atoms with Crippen LogP contribution in [0.5, 0.6) is 5.75 Å². The molecule has 0 radical (unpaired) electrons. The number of oxazole rings is 1. The lowest BCUT2D eigenvalue weighted by atomic mass is 10.1. The van der Waals surface area contributed by atoms with E-state index >= 15 is 0 Å². The number of aromatic hydroxyl groups is 1. The van der Waals surface area contributed by atoms with E-state index in [1.807, 2.05) is 42.5 Å². The highest BCUT2D eigenvalue weighted by Crippen LogP contribution is 2.19. The van der Waals surface area contributed by atoms with Gasteiger partial charge >= 0.3 is 5.89 Å². The molecule has 0 saturated heterocycles. The molecule has 2 heterocycles. The van der Waals surface area contributed by atoms with Crippen LogP contribution in [0.25, 0.3) is 34.2 Å².